The number of halogens is 3. The lowest BCUT2D eigenvalue weighted by molar-refractivity contribution is -0.274. The SMILES string of the molecule is CS(=O)(=O)CCOC(=O)C1=CC(CCCO)=CC(c2ccc(CN3CCCC3)cc2)N(Cc2cccc(OC(F)(F)F)c2)C=C1C(=O)OCCS(C)(=O)=O. The van der Waals surface area contributed by atoms with Crippen LogP contribution in [-0.4, -0.2) is 107 Å². The maximum Gasteiger partial charge on any atom is 0.573 e. The summed E-state index contributed by atoms with van der Waals surface area (Å²) in [7, 11) is -7.10. The zero-order chi connectivity index (χ0) is 39.5. The molecule has 4 rings (SSSR count). The van der Waals surface area contributed by atoms with Crippen molar-refractivity contribution in [2.75, 3.05) is 56.9 Å². The number of nitrogens with zero attached hydrogens (tertiary/aromatic N) is 2. The second-order valence-electron chi connectivity index (χ2n) is 13.2. The van der Waals surface area contributed by atoms with Gasteiger partial charge in [0, 0.05) is 38.4 Å². The normalized spacial score (nSPS) is 17.2. The van der Waals surface area contributed by atoms with Crippen LogP contribution in [0.25, 0.3) is 0 Å². The van der Waals surface area contributed by atoms with Crippen molar-refractivity contribution in [2.24, 2.45) is 0 Å². The van der Waals surface area contributed by atoms with Crippen LogP contribution in [0.1, 0.15) is 48.4 Å². The van der Waals surface area contributed by atoms with Gasteiger partial charge in [-0.2, -0.15) is 0 Å². The Kier molecular flexibility index (Phi) is 14.9. The number of esters is 2. The van der Waals surface area contributed by atoms with Crippen LogP contribution < -0.4 is 4.74 Å². The number of carbonyl (C=O) groups is 2. The molecule has 2 heterocycles. The standard InChI is InChI=1S/C37H45F3N2O10S2/c1-53(46,47)19-17-50-35(44)32-22-28(8-6-16-43)23-34(30-12-10-27(11-13-30)24-41-14-3-4-15-41)42(26-33(32)36(45)51-18-20-54(2,48)49)25-29-7-5-9-31(21-29)52-37(38,39)40/h5,7,9-13,21-23,26,34,43H,3-4,6,8,14-20,24-25H2,1-2H3. The van der Waals surface area contributed by atoms with Gasteiger partial charge in [-0.15, -0.1) is 13.2 Å². The van der Waals surface area contributed by atoms with Crippen molar-refractivity contribution in [2.45, 2.75) is 51.2 Å². The van der Waals surface area contributed by atoms with Crippen LogP contribution in [0.5, 0.6) is 5.75 Å². The Morgan fingerprint density at radius 1 is 0.852 bits per heavy atom. The molecule has 2 aromatic carbocycles. The lowest BCUT2D eigenvalue weighted by Gasteiger charge is -2.32. The summed E-state index contributed by atoms with van der Waals surface area (Å²) in [5.41, 5.74) is 1.87. The van der Waals surface area contributed by atoms with E-state index in [0.29, 0.717) is 11.1 Å². The van der Waals surface area contributed by atoms with Gasteiger partial charge in [-0.1, -0.05) is 42.5 Å². The molecule has 0 aliphatic carbocycles. The van der Waals surface area contributed by atoms with Crippen LogP contribution in [0, 0.1) is 0 Å². The zero-order valence-electron chi connectivity index (χ0n) is 30.1. The highest BCUT2D eigenvalue weighted by Gasteiger charge is 2.32. The van der Waals surface area contributed by atoms with Gasteiger partial charge in [-0.05, 0) is 79.2 Å². The summed E-state index contributed by atoms with van der Waals surface area (Å²) in [5.74, 6) is -3.69. The van der Waals surface area contributed by atoms with Gasteiger partial charge >= 0.3 is 18.3 Å². The lowest BCUT2D eigenvalue weighted by atomic mass is 9.93. The van der Waals surface area contributed by atoms with Crippen molar-refractivity contribution in [1.82, 2.24) is 9.80 Å². The molecular formula is C37H45F3N2O10S2. The molecule has 1 saturated heterocycles. The molecule has 0 radical (unpaired) electrons. The van der Waals surface area contributed by atoms with E-state index in [1.807, 2.05) is 24.3 Å². The number of likely N-dealkylation sites (tertiary alicyclic amines) is 1. The molecule has 2 aliphatic heterocycles. The largest absolute Gasteiger partial charge is 0.573 e. The van der Waals surface area contributed by atoms with Gasteiger partial charge in [0.15, 0.2) is 19.7 Å². The van der Waals surface area contributed by atoms with E-state index in [2.05, 4.69) is 9.64 Å². The highest BCUT2D eigenvalue weighted by atomic mass is 32.2. The fraction of sp³-hybridized carbons (Fsp3) is 0.459. The molecule has 2 aliphatic rings. The molecule has 0 amide bonds. The molecule has 2 aromatic rings. The van der Waals surface area contributed by atoms with E-state index in [1.54, 1.807) is 17.0 Å². The van der Waals surface area contributed by atoms with E-state index < -0.39 is 74.5 Å². The fourth-order valence-electron chi connectivity index (χ4n) is 5.93. The lowest BCUT2D eigenvalue weighted by Crippen LogP contribution is -2.28. The number of rotatable bonds is 17. The van der Waals surface area contributed by atoms with Gasteiger partial charge < -0.3 is 24.2 Å². The number of ether oxygens (including phenoxy) is 3. The quantitative estimate of drug-likeness (QED) is 0.225. The summed E-state index contributed by atoms with van der Waals surface area (Å²) >= 11 is 0. The third kappa shape index (κ3) is 14.2. The third-order valence-corrected chi connectivity index (χ3v) is 10.3. The first-order valence-corrected chi connectivity index (χ1v) is 21.4. The number of hydrogen-bond donors (Lipinski definition) is 1. The summed E-state index contributed by atoms with van der Waals surface area (Å²) in [6, 6.07) is 12.3. The number of allylic oxidation sites excluding steroid dienone is 2. The summed E-state index contributed by atoms with van der Waals surface area (Å²) in [6.45, 7) is 1.28. The molecule has 1 unspecified atom stereocenters. The van der Waals surface area contributed by atoms with Crippen LogP contribution in [0.4, 0.5) is 13.2 Å². The summed E-state index contributed by atoms with van der Waals surface area (Å²) in [5, 5.41) is 9.74. The number of aliphatic hydroxyl groups excluding tert-OH is 1. The van der Waals surface area contributed by atoms with Crippen LogP contribution in [0.15, 0.2) is 83.6 Å². The molecule has 1 atom stereocenters. The monoisotopic (exact) mass is 798 g/mol. The summed E-state index contributed by atoms with van der Waals surface area (Å²) < 4.78 is 101. The molecule has 296 valence electrons. The summed E-state index contributed by atoms with van der Waals surface area (Å²) in [4.78, 5) is 31.4. The molecule has 0 bridgehead atoms. The van der Waals surface area contributed by atoms with Crippen LogP contribution >= 0.6 is 0 Å². The zero-order valence-corrected chi connectivity index (χ0v) is 31.7. The number of alkyl halides is 3. The van der Waals surface area contributed by atoms with E-state index in [4.69, 9.17) is 9.47 Å². The van der Waals surface area contributed by atoms with E-state index in [9.17, 15) is 44.7 Å². The first-order valence-electron chi connectivity index (χ1n) is 17.3. The predicted molar refractivity (Wildman–Crippen MR) is 194 cm³/mol. The third-order valence-electron chi connectivity index (χ3n) is 8.51. The van der Waals surface area contributed by atoms with E-state index >= 15 is 0 Å². The second-order valence-corrected chi connectivity index (χ2v) is 17.8. The number of sulfone groups is 2. The van der Waals surface area contributed by atoms with Gasteiger partial charge in [-0.25, -0.2) is 26.4 Å². The Bertz CT molecular complexity index is 1940. The van der Waals surface area contributed by atoms with E-state index in [0.717, 1.165) is 62.2 Å². The average Bonchev–Trinajstić information content (AvgIpc) is 3.57. The fourth-order valence-corrected chi connectivity index (χ4v) is 6.70. The summed E-state index contributed by atoms with van der Waals surface area (Å²) in [6.07, 6.45) is 4.14. The molecule has 1 N–H and O–H groups in total. The van der Waals surface area contributed by atoms with Crippen molar-refractivity contribution in [3.05, 3.63) is 100 Å². The van der Waals surface area contributed by atoms with Crippen molar-refractivity contribution >= 4 is 31.6 Å². The molecular weight excluding hydrogens is 754 g/mol. The second kappa shape index (κ2) is 18.9. The highest BCUT2D eigenvalue weighted by Crippen LogP contribution is 2.34. The minimum atomic E-state index is -4.96. The Hall–Kier alpha value is -4.19. The van der Waals surface area contributed by atoms with E-state index in [-0.39, 0.29) is 37.1 Å². The predicted octanol–water partition coefficient (Wildman–Crippen LogP) is 4.42. The van der Waals surface area contributed by atoms with Gasteiger partial charge in [0.05, 0.1) is 28.7 Å². The topological polar surface area (TPSA) is 157 Å². The molecule has 17 heteroatoms. The van der Waals surface area contributed by atoms with Crippen molar-refractivity contribution in [3.8, 4) is 5.75 Å². The molecule has 0 saturated carbocycles. The number of hydrogen-bond acceptors (Lipinski definition) is 12. The molecule has 0 aromatic heterocycles. The van der Waals surface area contributed by atoms with Crippen molar-refractivity contribution in [1.29, 1.82) is 0 Å². The van der Waals surface area contributed by atoms with Gasteiger partial charge in [0.25, 0.3) is 0 Å². The molecule has 12 nitrogen and oxygen atoms in total. The average molecular weight is 799 g/mol. The Morgan fingerprint density at radius 3 is 2.04 bits per heavy atom. The van der Waals surface area contributed by atoms with Gasteiger partial charge in [0.1, 0.15) is 19.0 Å². The van der Waals surface area contributed by atoms with E-state index in [1.165, 1.54) is 24.4 Å². The minimum absolute atomic E-state index is 0.129. The maximum absolute atomic E-state index is 13.8. The number of carbonyl (C=O) groups excluding carboxylic acids is 2. The number of aliphatic hydroxyl groups is 1. The molecule has 1 fully saturated rings. The minimum Gasteiger partial charge on any atom is -0.461 e. The Morgan fingerprint density at radius 2 is 1.46 bits per heavy atom. The molecule has 54 heavy (non-hydrogen) atoms. The first kappa shape index (κ1) is 42.6. The van der Waals surface area contributed by atoms with Crippen molar-refractivity contribution in [3.63, 3.8) is 0 Å². The first-order chi connectivity index (χ1) is 25.4. The number of benzene rings is 2. The highest BCUT2D eigenvalue weighted by molar-refractivity contribution is 7.90. The Labute approximate surface area is 313 Å². The van der Waals surface area contributed by atoms with Gasteiger partial charge in [0.2, 0.25) is 0 Å². The Balaban J connectivity index is 1.87. The van der Waals surface area contributed by atoms with Crippen LogP contribution in [0.2, 0.25) is 0 Å². The van der Waals surface area contributed by atoms with Crippen LogP contribution in [-0.2, 0) is 51.8 Å². The molecule has 0 spiro atoms. The maximum atomic E-state index is 13.8. The van der Waals surface area contributed by atoms with Crippen molar-refractivity contribution < 1.29 is 58.9 Å². The smallest absolute Gasteiger partial charge is 0.461 e. The van der Waals surface area contributed by atoms with Crippen LogP contribution in [0.3, 0.4) is 0 Å². The van der Waals surface area contributed by atoms with Gasteiger partial charge in [-0.3, -0.25) is 4.90 Å².